The molecule has 2 atom stereocenters. The largest absolute Gasteiger partial charge is 0.496 e. The van der Waals surface area contributed by atoms with Crippen molar-refractivity contribution in [1.29, 1.82) is 5.26 Å². The van der Waals surface area contributed by atoms with Crippen molar-refractivity contribution in [2.24, 2.45) is 10.9 Å². The number of hydrogen-bond donors (Lipinski definition) is 1. The number of anilines is 1. The molecule has 1 unspecified atom stereocenters. The van der Waals surface area contributed by atoms with Gasteiger partial charge in [-0.3, -0.25) is 4.79 Å². The number of nitriles is 1. The molecular formula is C28H29N3O4S. The summed E-state index contributed by atoms with van der Waals surface area (Å²) in [6.07, 6.45) is 1.48. The lowest BCUT2D eigenvalue weighted by molar-refractivity contribution is -0.138. The van der Waals surface area contributed by atoms with Crippen molar-refractivity contribution >= 4 is 34.4 Å². The van der Waals surface area contributed by atoms with Crippen molar-refractivity contribution in [1.82, 2.24) is 0 Å². The second-order valence-corrected chi connectivity index (χ2v) is 9.31. The van der Waals surface area contributed by atoms with E-state index in [-0.39, 0.29) is 23.8 Å². The van der Waals surface area contributed by atoms with E-state index < -0.39 is 17.8 Å². The van der Waals surface area contributed by atoms with Crippen LogP contribution in [0, 0.1) is 31.1 Å². The fraction of sp³-hybridized carbons (Fsp3) is 0.286. The molecule has 1 heterocycles. The average Bonchev–Trinajstić information content (AvgIpc) is 2.87. The van der Waals surface area contributed by atoms with Crippen molar-refractivity contribution in [3.05, 3.63) is 83.1 Å². The van der Waals surface area contributed by atoms with Gasteiger partial charge in [0, 0.05) is 22.9 Å². The Morgan fingerprint density at radius 1 is 1.22 bits per heavy atom. The van der Waals surface area contributed by atoms with Gasteiger partial charge >= 0.3 is 5.97 Å². The average molecular weight is 504 g/mol. The fourth-order valence-electron chi connectivity index (χ4n) is 4.02. The van der Waals surface area contributed by atoms with Gasteiger partial charge in [0.2, 0.25) is 5.91 Å². The minimum absolute atomic E-state index is 0.0371. The van der Waals surface area contributed by atoms with Crippen LogP contribution in [-0.4, -0.2) is 36.4 Å². The number of aliphatic imine (C=N–C) groups is 1. The van der Waals surface area contributed by atoms with E-state index in [4.69, 9.17) is 9.47 Å². The van der Waals surface area contributed by atoms with Crippen LogP contribution in [-0.2, 0) is 14.3 Å². The molecule has 1 aliphatic heterocycles. The fourth-order valence-corrected chi connectivity index (χ4v) is 4.94. The number of thioether (sulfide) groups is 1. The zero-order valence-corrected chi connectivity index (χ0v) is 21.6. The number of nitrogens with one attached hydrogen (secondary N) is 1. The van der Waals surface area contributed by atoms with E-state index in [1.165, 1.54) is 24.9 Å². The topological polar surface area (TPSA) is 101 Å². The number of rotatable bonds is 8. The van der Waals surface area contributed by atoms with Crippen LogP contribution in [0.1, 0.15) is 29.5 Å². The first kappa shape index (κ1) is 26.8. The Morgan fingerprint density at radius 2 is 1.97 bits per heavy atom. The summed E-state index contributed by atoms with van der Waals surface area (Å²) in [4.78, 5) is 30.4. The van der Waals surface area contributed by atoms with Gasteiger partial charge in [0.1, 0.15) is 18.3 Å². The summed E-state index contributed by atoms with van der Waals surface area (Å²) in [5.41, 5.74) is 4.14. The summed E-state index contributed by atoms with van der Waals surface area (Å²) in [6, 6.07) is 15.4. The second-order valence-electron chi connectivity index (χ2n) is 8.32. The minimum Gasteiger partial charge on any atom is -0.496 e. The minimum atomic E-state index is -0.810. The molecule has 1 N–H and O–H groups in total. The number of nitrogens with zero attached hydrogens (tertiary/aromatic N) is 2. The summed E-state index contributed by atoms with van der Waals surface area (Å²) in [5.74, 6) is -1.65. The van der Waals surface area contributed by atoms with Gasteiger partial charge in [0.25, 0.3) is 0 Å². The number of esters is 1. The van der Waals surface area contributed by atoms with Gasteiger partial charge in [-0.25, -0.2) is 9.79 Å². The normalized spacial score (nSPS) is 17.0. The van der Waals surface area contributed by atoms with Crippen molar-refractivity contribution in [2.45, 2.75) is 26.7 Å². The van der Waals surface area contributed by atoms with E-state index in [1.54, 1.807) is 13.0 Å². The highest BCUT2D eigenvalue weighted by Crippen LogP contribution is 2.44. The van der Waals surface area contributed by atoms with Crippen molar-refractivity contribution in [3.63, 3.8) is 0 Å². The number of amides is 1. The van der Waals surface area contributed by atoms with Crippen molar-refractivity contribution in [2.75, 3.05) is 24.8 Å². The molecule has 8 heteroatoms. The van der Waals surface area contributed by atoms with Gasteiger partial charge in [-0.15, -0.1) is 0 Å². The van der Waals surface area contributed by atoms with Crippen LogP contribution < -0.4 is 10.1 Å². The third-order valence-corrected chi connectivity index (χ3v) is 6.81. The smallest absolute Gasteiger partial charge is 0.336 e. The first-order valence-corrected chi connectivity index (χ1v) is 12.4. The Bertz CT molecular complexity index is 1280. The van der Waals surface area contributed by atoms with E-state index in [0.29, 0.717) is 22.1 Å². The Kier molecular flexibility index (Phi) is 9.09. The number of ether oxygens (including phenoxy) is 2. The lowest BCUT2D eigenvalue weighted by Gasteiger charge is -2.30. The molecule has 0 saturated heterocycles. The van der Waals surface area contributed by atoms with Crippen LogP contribution >= 0.6 is 11.8 Å². The maximum absolute atomic E-state index is 13.0. The van der Waals surface area contributed by atoms with Gasteiger partial charge in [0.05, 0.1) is 29.5 Å². The first-order chi connectivity index (χ1) is 17.3. The summed E-state index contributed by atoms with van der Waals surface area (Å²) in [5, 5.41) is 13.6. The van der Waals surface area contributed by atoms with Crippen molar-refractivity contribution < 1.29 is 19.1 Å². The quantitative estimate of drug-likeness (QED) is 0.386. The molecule has 0 aliphatic carbocycles. The Labute approximate surface area is 215 Å². The Hall–Kier alpha value is -3.83. The molecule has 3 rings (SSSR count). The molecular weight excluding hydrogens is 474 g/mol. The number of allylic oxidation sites excluding steroid dienone is 1. The highest BCUT2D eigenvalue weighted by atomic mass is 32.2. The highest BCUT2D eigenvalue weighted by molar-refractivity contribution is 8.14. The second kappa shape index (κ2) is 12.2. The first-order valence-electron chi connectivity index (χ1n) is 11.4. The van der Waals surface area contributed by atoms with E-state index in [0.717, 1.165) is 16.8 Å². The number of methoxy groups -OCH3 is 1. The van der Waals surface area contributed by atoms with E-state index in [1.807, 2.05) is 50.2 Å². The van der Waals surface area contributed by atoms with Crippen molar-refractivity contribution in [3.8, 4) is 11.8 Å². The molecule has 0 radical (unpaired) electrons. The third kappa shape index (κ3) is 6.04. The van der Waals surface area contributed by atoms with Gasteiger partial charge in [0.15, 0.2) is 0 Å². The Balaban J connectivity index is 1.94. The SMILES string of the molecule is C=CCOC(=O)C1=C(C)N=C(SCC(=O)Nc2cc(C)ccc2C)C(C#N)[C@H]1c1ccccc1OC. The molecule has 1 amide bonds. The number of carbonyl (C=O) groups excluding carboxylic acids is 2. The molecule has 2 aromatic rings. The Morgan fingerprint density at radius 3 is 2.67 bits per heavy atom. The zero-order chi connectivity index (χ0) is 26.2. The molecule has 0 spiro atoms. The standard InChI is InChI=1S/C28H29N3O4S/c1-6-13-35-28(33)25-19(4)30-27(21(15-29)26(25)20-9-7-8-10-23(20)34-5)36-16-24(32)31-22-14-17(2)11-12-18(22)3/h6-12,14,21,26H,1,13,16H2,2-5H3,(H,31,32)/t21?,26-/m1/s1. The van der Waals surface area contributed by atoms with E-state index in [2.05, 4.69) is 23.0 Å². The van der Waals surface area contributed by atoms with Gasteiger partial charge in [-0.2, -0.15) is 5.26 Å². The van der Waals surface area contributed by atoms with Crippen LogP contribution in [0.15, 0.2) is 71.4 Å². The third-order valence-electron chi connectivity index (χ3n) is 5.76. The van der Waals surface area contributed by atoms with Crippen LogP contribution in [0.3, 0.4) is 0 Å². The molecule has 0 bridgehead atoms. The monoisotopic (exact) mass is 503 g/mol. The van der Waals surface area contributed by atoms with Crippen LogP contribution in [0.2, 0.25) is 0 Å². The van der Waals surface area contributed by atoms with Gasteiger partial charge in [-0.1, -0.05) is 54.7 Å². The molecule has 7 nitrogen and oxygen atoms in total. The molecule has 186 valence electrons. The number of hydrogen-bond acceptors (Lipinski definition) is 7. The molecule has 0 saturated carbocycles. The molecule has 0 fully saturated rings. The maximum Gasteiger partial charge on any atom is 0.336 e. The summed E-state index contributed by atoms with van der Waals surface area (Å²) in [7, 11) is 1.54. The predicted octanol–water partition coefficient (Wildman–Crippen LogP) is 5.32. The lowest BCUT2D eigenvalue weighted by atomic mass is 9.78. The van der Waals surface area contributed by atoms with E-state index >= 15 is 0 Å². The van der Waals surface area contributed by atoms with Gasteiger partial charge < -0.3 is 14.8 Å². The van der Waals surface area contributed by atoms with E-state index in [9.17, 15) is 14.9 Å². The number of benzene rings is 2. The molecule has 1 aliphatic rings. The summed E-state index contributed by atoms with van der Waals surface area (Å²) < 4.78 is 10.9. The van der Waals surface area contributed by atoms with Crippen LogP contribution in [0.25, 0.3) is 0 Å². The molecule has 2 aromatic carbocycles. The number of para-hydroxylation sites is 1. The summed E-state index contributed by atoms with van der Waals surface area (Å²) in [6.45, 7) is 9.22. The number of carbonyl (C=O) groups is 2. The lowest BCUT2D eigenvalue weighted by Crippen LogP contribution is -2.30. The molecule has 36 heavy (non-hydrogen) atoms. The van der Waals surface area contributed by atoms with Gasteiger partial charge in [-0.05, 0) is 44.0 Å². The maximum atomic E-state index is 13.0. The van der Waals surface area contributed by atoms with Crippen LogP contribution in [0.5, 0.6) is 5.75 Å². The summed E-state index contributed by atoms with van der Waals surface area (Å²) >= 11 is 1.19. The zero-order valence-electron chi connectivity index (χ0n) is 20.8. The predicted molar refractivity (Wildman–Crippen MR) is 143 cm³/mol. The molecule has 0 aromatic heterocycles. The number of aryl methyl sites for hydroxylation is 2. The van der Waals surface area contributed by atoms with Crippen LogP contribution in [0.4, 0.5) is 5.69 Å². The highest BCUT2D eigenvalue weighted by Gasteiger charge is 2.41.